The minimum absolute atomic E-state index is 0.0606. The zero-order valence-corrected chi connectivity index (χ0v) is 8.27. The second kappa shape index (κ2) is 4.13. The molecule has 5 heteroatoms. The minimum atomic E-state index is -0.235. The molecule has 0 aliphatic rings. The smallest absolute Gasteiger partial charge is 0.263 e. The highest BCUT2D eigenvalue weighted by Gasteiger charge is 2.08. The van der Waals surface area contributed by atoms with E-state index in [2.05, 4.69) is 10.3 Å². The van der Waals surface area contributed by atoms with Crippen LogP contribution in [0.25, 0.3) is 0 Å². The molecule has 70 valence electrons. The maximum absolute atomic E-state index is 11.3. The number of carbonyl (C=O) groups excluding carboxylic acids is 2. The third kappa shape index (κ3) is 2.95. The van der Waals surface area contributed by atoms with Crippen LogP contribution in [0.5, 0.6) is 0 Å². The Morgan fingerprint density at radius 2 is 2.31 bits per heavy atom. The van der Waals surface area contributed by atoms with Crippen molar-refractivity contribution in [3.8, 4) is 0 Å². The fourth-order valence-corrected chi connectivity index (χ4v) is 1.45. The number of nitrogens with zero attached hydrogens (tertiary/aromatic N) is 1. The maximum Gasteiger partial charge on any atom is 0.263 e. The van der Waals surface area contributed by atoms with Crippen molar-refractivity contribution in [2.45, 2.75) is 13.8 Å². The van der Waals surface area contributed by atoms with Gasteiger partial charge in [-0.3, -0.25) is 9.59 Å². The first kappa shape index (κ1) is 9.85. The van der Waals surface area contributed by atoms with E-state index in [4.69, 9.17) is 0 Å². The number of rotatable bonds is 3. The summed E-state index contributed by atoms with van der Waals surface area (Å²) in [5, 5.41) is 3.33. The Kier molecular flexibility index (Phi) is 3.13. The number of hydrogen-bond acceptors (Lipinski definition) is 4. The maximum atomic E-state index is 11.3. The highest BCUT2D eigenvalue weighted by Crippen LogP contribution is 2.10. The molecular weight excluding hydrogens is 188 g/mol. The Labute approximate surface area is 80.0 Å². The molecule has 1 heterocycles. The van der Waals surface area contributed by atoms with Crippen LogP contribution in [0, 0.1) is 6.92 Å². The molecule has 0 atom stereocenters. The molecular formula is C8H10N2O2S. The number of thiazole rings is 1. The zero-order chi connectivity index (χ0) is 9.84. The molecule has 0 aromatic carbocycles. The van der Waals surface area contributed by atoms with Crippen molar-refractivity contribution in [1.82, 2.24) is 10.3 Å². The molecule has 0 fully saturated rings. The van der Waals surface area contributed by atoms with Gasteiger partial charge < -0.3 is 5.32 Å². The van der Waals surface area contributed by atoms with Crippen molar-refractivity contribution in [2.75, 3.05) is 6.54 Å². The van der Waals surface area contributed by atoms with Gasteiger partial charge in [-0.2, -0.15) is 0 Å². The summed E-state index contributed by atoms with van der Waals surface area (Å²) in [5.74, 6) is -0.296. The molecule has 0 spiro atoms. The molecule has 1 N–H and O–H groups in total. The van der Waals surface area contributed by atoms with Crippen LogP contribution >= 0.6 is 11.3 Å². The zero-order valence-electron chi connectivity index (χ0n) is 7.46. The molecule has 0 aliphatic carbocycles. The van der Waals surface area contributed by atoms with Crippen LogP contribution in [0.3, 0.4) is 0 Å². The summed E-state index contributed by atoms with van der Waals surface area (Å²) in [6.45, 7) is 3.33. The van der Waals surface area contributed by atoms with Crippen LogP contribution < -0.4 is 5.32 Å². The predicted molar refractivity (Wildman–Crippen MR) is 49.9 cm³/mol. The molecule has 0 unspecified atom stereocenters. The second-order valence-electron chi connectivity index (χ2n) is 2.63. The van der Waals surface area contributed by atoms with E-state index in [0.29, 0.717) is 4.88 Å². The highest BCUT2D eigenvalue weighted by molar-refractivity contribution is 7.13. The number of aryl methyl sites for hydroxylation is 1. The summed E-state index contributed by atoms with van der Waals surface area (Å²) in [7, 11) is 0. The Balaban J connectivity index is 2.54. The Bertz CT molecular complexity index is 333. The van der Waals surface area contributed by atoms with Crippen molar-refractivity contribution in [1.29, 1.82) is 0 Å². The molecule has 1 amide bonds. The summed E-state index contributed by atoms with van der Waals surface area (Å²) in [4.78, 5) is 26.3. The summed E-state index contributed by atoms with van der Waals surface area (Å²) < 4.78 is 0. The summed E-state index contributed by atoms with van der Waals surface area (Å²) in [6.07, 6.45) is 1.51. The van der Waals surface area contributed by atoms with Gasteiger partial charge in [-0.25, -0.2) is 4.98 Å². The molecule has 1 aromatic heterocycles. The van der Waals surface area contributed by atoms with Crippen LogP contribution in [0.2, 0.25) is 0 Å². The lowest BCUT2D eigenvalue weighted by atomic mass is 10.4. The number of Topliss-reactive ketones (excluding diaryl/α,β-unsaturated/α-hetero) is 1. The molecule has 13 heavy (non-hydrogen) atoms. The second-order valence-corrected chi connectivity index (χ2v) is 3.86. The largest absolute Gasteiger partial charge is 0.344 e. The van der Waals surface area contributed by atoms with Gasteiger partial charge in [-0.05, 0) is 13.8 Å². The van der Waals surface area contributed by atoms with Crippen molar-refractivity contribution in [2.24, 2.45) is 0 Å². The summed E-state index contributed by atoms with van der Waals surface area (Å²) in [6, 6.07) is 0. The quantitative estimate of drug-likeness (QED) is 0.780. The van der Waals surface area contributed by atoms with E-state index in [9.17, 15) is 9.59 Å². The SMILES string of the molecule is CC(=O)CNC(=O)c1cnc(C)s1. The van der Waals surface area contributed by atoms with Gasteiger partial charge in [0.15, 0.2) is 0 Å². The normalized spacial score (nSPS) is 9.69. The number of ketones is 1. The van der Waals surface area contributed by atoms with Gasteiger partial charge in [0.1, 0.15) is 10.7 Å². The van der Waals surface area contributed by atoms with Gasteiger partial charge in [0, 0.05) is 0 Å². The van der Waals surface area contributed by atoms with E-state index < -0.39 is 0 Å². The van der Waals surface area contributed by atoms with E-state index in [1.165, 1.54) is 24.5 Å². The monoisotopic (exact) mass is 198 g/mol. The van der Waals surface area contributed by atoms with Gasteiger partial charge in [-0.1, -0.05) is 0 Å². The standard InChI is InChI=1S/C8H10N2O2S/c1-5(11)3-10-8(12)7-4-9-6(2)13-7/h4H,3H2,1-2H3,(H,10,12). The average Bonchev–Trinajstić information content (AvgIpc) is 2.47. The third-order valence-corrected chi connectivity index (χ3v) is 2.25. The van der Waals surface area contributed by atoms with Gasteiger partial charge in [0.05, 0.1) is 17.7 Å². The van der Waals surface area contributed by atoms with Crippen molar-refractivity contribution in [3.05, 3.63) is 16.1 Å². The van der Waals surface area contributed by atoms with Crippen LogP contribution in [0.15, 0.2) is 6.20 Å². The number of hydrogen-bond donors (Lipinski definition) is 1. The Morgan fingerprint density at radius 1 is 1.62 bits per heavy atom. The lowest BCUT2D eigenvalue weighted by Gasteiger charge is -1.97. The summed E-state index contributed by atoms with van der Waals surface area (Å²) in [5.41, 5.74) is 0. The van der Waals surface area contributed by atoms with E-state index >= 15 is 0 Å². The first-order valence-corrected chi connectivity index (χ1v) is 4.61. The minimum Gasteiger partial charge on any atom is -0.344 e. The van der Waals surface area contributed by atoms with Gasteiger partial charge in [0.2, 0.25) is 0 Å². The molecule has 0 saturated heterocycles. The lowest BCUT2D eigenvalue weighted by molar-refractivity contribution is -0.116. The van der Waals surface area contributed by atoms with E-state index in [1.807, 2.05) is 6.92 Å². The van der Waals surface area contributed by atoms with E-state index in [1.54, 1.807) is 0 Å². The number of aromatic nitrogens is 1. The molecule has 0 radical (unpaired) electrons. The van der Waals surface area contributed by atoms with Gasteiger partial charge in [0.25, 0.3) is 5.91 Å². The molecule has 0 bridgehead atoms. The molecule has 4 nitrogen and oxygen atoms in total. The fraction of sp³-hybridized carbons (Fsp3) is 0.375. The average molecular weight is 198 g/mol. The third-order valence-electron chi connectivity index (χ3n) is 1.34. The molecule has 0 aliphatic heterocycles. The number of amides is 1. The van der Waals surface area contributed by atoms with Crippen molar-refractivity contribution >= 4 is 23.0 Å². The van der Waals surface area contributed by atoms with E-state index in [0.717, 1.165) is 5.01 Å². The topological polar surface area (TPSA) is 59.1 Å². The fourth-order valence-electron chi connectivity index (χ4n) is 0.758. The highest BCUT2D eigenvalue weighted by atomic mass is 32.1. The van der Waals surface area contributed by atoms with Crippen LogP contribution in [-0.4, -0.2) is 23.2 Å². The lowest BCUT2D eigenvalue weighted by Crippen LogP contribution is -2.27. The first-order valence-electron chi connectivity index (χ1n) is 3.79. The molecule has 0 saturated carbocycles. The van der Waals surface area contributed by atoms with E-state index in [-0.39, 0.29) is 18.2 Å². The van der Waals surface area contributed by atoms with Gasteiger partial charge in [-0.15, -0.1) is 11.3 Å². The Hall–Kier alpha value is -1.23. The molecule has 1 rings (SSSR count). The number of carbonyl (C=O) groups is 2. The van der Waals surface area contributed by atoms with Crippen LogP contribution in [0.1, 0.15) is 21.6 Å². The summed E-state index contributed by atoms with van der Waals surface area (Å²) >= 11 is 1.31. The van der Waals surface area contributed by atoms with Crippen LogP contribution in [-0.2, 0) is 4.79 Å². The number of nitrogens with one attached hydrogen (secondary N) is 1. The Morgan fingerprint density at radius 3 is 2.77 bits per heavy atom. The van der Waals surface area contributed by atoms with Crippen LogP contribution in [0.4, 0.5) is 0 Å². The first-order chi connectivity index (χ1) is 6.09. The van der Waals surface area contributed by atoms with Crippen molar-refractivity contribution < 1.29 is 9.59 Å². The predicted octanol–water partition coefficient (Wildman–Crippen LogP) is 0.770. The molecule has 1 aromatic rings. The van der Waals surface area contributed by atoms with Gasteiger partial charge >= 0.3 is 0 Å². The van der Waals surface area contributed by atoms with Crippen molar-refractivity contribution in [3.63, 3.8) is 0 Å².